The third kappa shape index (κ3) is 6.39. The second-order valence-electron chi connectivity index (χ2n) is 8.12. The van der Waals surface area contributed by atoms with E-state index in [0.717, 1.165) is 11.8 Å². The zero-order valence-electron chi connectivity index (χ0n) is 20.4. The average molecular weight is 513 g/mol. The third-order valence-electron chi connectivity index (χ3n) is 5.34. The van der Waals surface area contributed by atoms with Crippen LogP contribution in [0.3, 0.4) is 0 Å². The van der Waals surface area contributed by atoms with Crippen LogP contribution in [0.15, 0.2) is 53.7 Å². The lowest BCUT2D eigenvalue weighted by Crippen LogP contribution is -2.33. The van der Waals surface area contributed by atoms with Gasteiger partial charge in [-0.2, -0.15) is 0 Å². The molecule has 0 aliphatic carbocycles. The molecule has 0 fully saturated rings. The molecular weight excluding hydrogens is 484 g/mol. The van der Waals surface area contributed by atoms with Crippen LogP contribution < -0.4 is 15.4 Å². The van der Waals surface area contributed by atoms with Crippen LogP contribution in [0.2, 0.25) is 0 Å². The number of nitrogens with zero attached hydrogens (tertiary/aromatic N) is 4. The predicted octanol–water partition coefficient (Wildman–Crippen LogP) is 4.07. The Bertz CT molecular complexity index is 1230. The van der Waals surface area contributed by atoms with Crippen LogP contribution in [0.5, 0.6) is 5.75 Å². The summed E-state index contributed by atoms with van der Waals surface area (Å²) in [5.74, 6) is 0.253. The number of aromatic nitrogens is 3. The van der Waals surface area contributed by atoms with Crippen molar-refractivity contribution in [3.05, 3.63) is 70.0 Å². The number of hydrogen-bond acceptors (Lipinski definition) is 8. The summed E-state index contributed by atoms with van der Waals surface area (Å²) in [5, 5.41) is 26.0. The van der Waals surface area contributed by atoms with Gasteiger partial charge in [-0.3, -0.25) is 19.7 Å². The molecule has 0 aliphatic rings. The molecule has 12 heteroatoms. The van der Waals surface area contributed by atoms with Gasteiger partial charge in [0.05, 0.1) is 29.9 Å². The molecule has 0 bridgehead atoms. The summed E-state index contributed by atoms with van der Waals surface area (Å²) in [6.07, 6.45) is 0. The second kappa shape index (κ2) is 12.2. The van der Waals surface area contributed by atoms with Crippen LogP contribution in [0.1, 0.15) is 43.0 Å². The van der Waals surface area contributed by atoms with Gasteiger partial charge in [0.25, 0.3) is 11.6 Å². The summed E-state index contributed by atoms with van der Waals surface area (Å²) in [6, 6.07) is 12.7. The Kier molecular flexibility index (Phi) is 9.01. The van der Waals surface area contributed by atoms with Crippen LogP contribution in [0.25, 0.3) is 0 Å². The van der Waals surface area contributed by atoms with E-state index in [9.17, 15) is 19.7 Å². The van der Waals surface area contributed by atoms with E-state index in [2.05, 4.69) is 20.8 Å². The number of carbonyl (C=O) groups is 2. The Morgan fingerprint density at radius 3 is 2.50 bits per heavy atom. The first-order valence-electron chi connectivity index (χ1n) is 11.3. The fourth-order valence-corrected chi connectivity index (χ4v) is 4.30. The number of methoxy groups -OCH3 is 1. The first-order chi connectivity index (χ1) is 17.2. The molecule has 2 aromatic carbocycles. The van der Waals surface area contributed by atoms with Gasteiger partial charge in [0.15, 0.2) is 11.0 Å². The van der Waals surface area contributed by atoms with Crippen LogP contribution in [-0.2, 0) is 11.3 Å². The molecule has 0 saturated heterocycles. The molecular formula is C24H28N6O5S. The molecule has 3 rings (SSSR count). The van der Waals surface area contributed by atoms with Gasteiger partial charge in [-0.25, -0.2) is 0 Å². The number of nitro groups is 1. The highest BCUT2D eigenvalue weighted by Gasteiger charge is 2.26. The smallest absolute Gasteiger partial charge is 0.296 e. The van der Waals surface area contributed by atoms with Gasteiger partial charge < -0.3 is 19.9 Å². The average Bonchev–Trinajstić information content (AvgIpc) is 3.28. The lowest BCUT2D eigenvalue weighted by atomic mass is 10.0. The second-order valence-corrected chi connectivity index (χ2v) is 9.07. The highest BCUT2D eigenvalue weighted by Crippen LogP contribution is 2.30. The number of rotatable bonds is 11. The summed E-state index contributed by atoms with van der Waals surface area (Å²) < 4.78 is 6.87. The summed E-state index contributed by atoms with van der Waals surface area (Å²) >= 11 is 1.16. The third-order valence-corrected chi connectivity index (χ3v) is 6.30. The van der Waals surface area contributed by atoms with E-state index in [1.807, 2.05) is 31.4 Å². The van der Waals surface area contributed by atoms with E-state index in [-0.39, 0.29) is 29.0 Å². The Labute approximate surface area is 212 Å². The van der Waals surface area contributed by atoms with Crippen LogP contribution in [-0.4, -0.2) is 44.4 Å². The van der Waals surface area contributed by atoms with Gasteiger partial charge >= 0.3 is 0 Å². The van der Waals surface area contributed by atoms with Gasteiger partial charge in [-0.05, 0) is 37.1 Å². The minimum absolute atomic E-state index is 0.0314. The van der Waals surface area contributed by atoms with Crippen molar-refractivity contribution >= 4 is 35.0 Å². The molecule has 2 amide bonds. The van der Waals surface area contributed by atoms with Crippen LogP contribution in [0, 0.1) is 16.0 Å². The molecule has 0 spiro atoms. The van der Waals surface area contributed by atoms with Gasteiger partial charge in [0, 0.05) is 12.1 Å². The van der Waals surface area contributed by atoms with Crippen LogP contribution >= 0.6 is 11.8 Å². The molecule has 36 heavy (non-hydrogen) atoms. The normalized spacial score (nSPS) is 11.7. The molecule has 1 atom stereocenters. The molecule has 0 saturated carbocycles. The number of nitrogens with one attached hydrogen (secondary N) is 2. The topological polar surface area (TPSA) is 141 Å². The van der Waals surface area contributed by atoms with E-state index in [4.69, 9.17) is 4.74 Å². The lowest BCUT2D eigenvalue weighted by molar-refractivity contribution is -0.384. The van der Waals surface area contributed by atoms with Crippen molar-refractivity contribution in [2.45, 2.75) is 38.5 Å². The standard InChI is InChI=1S/C24H28N6O5S/c1-5-29-22(21(15(2)3)26-23(32)16-9-7-6-8-10-16)27-28-24(29)36-14-20(31)25-18-12-11-17(35-4)13-19(18)30(33)34/h6-13,15,21H,5,14H2,1-4H3,(H,25,31)(H,26,32)/t21-/m0/s1. The Morgan fingerprint density at radius 1 is 1.17 bits per heavy atom. The maximum Gasteiger partial charge on any atom is 0.296 e. The van der Waals surface area contributed by atoms with Crippen molar-refractivity contribution in [2.24, 2.45) is 5.92 Å². The molecule has 11 nitrogen and oxygen atoms in total. The maximum atomic E-state index is 12.8. The number of nitro benzene ring substituents is 1. The van der Waals surface area contributed by atoms with Crippen molar-refractivity contribution in [3.8, 4) is 5.75 Å². The molecule has 0 radical (unpaired) electrons. The SMILES string of the molecule is CCn1c(SCC(=O)Nc2ccc(OC)cc2[N+](=O)[O-])nnc1[C@@H](NC(=O)c1ccccc1)C(C)C. The van der Waals surface area contributed by atoms with Crippen molar-refractivity contribution in [1.29, 1.82) is 0 Å². The van der Waals surface area contributed by atoms with Crippen molar-refractivity contribution in [2.75, 3.05) is 18.2 Å². The molecule has 1 heterocycles. The minimum Gasteiger partial charge on any atom is -0.496 e. The summed E-state index contributed by atoms with van der Waals surface area (Å²) in [7, 11) is 1.41. The largest absolute Gasteiger partial charge is 0.496 e. The highest BCUT2D eigenvalue weighted by molar-refractivity contribution is 7.99. The summed E-state index contributed by atoms with van der Waals surface area (Å²) in [6.45, 7) is 6.41. The zero-order valence-corrected chi connectivity index (χ0v) is 21.2. The number of carbonyl (C=O) groups excluding carboxylic acids is 2. The maximum absolute atomic E-state index is 12.8. The molecule has 0 unspecified atom stereocenters. The Hall–Kier alpha value is -3.93. The Balaban J connectivity index is 1.72. The van der Waals surface area contributed by atoms with E-state index < -0.39 is 16.9 Å². The van der Waals surface area contributed by atoms with Gasteiger partial charge in [0.2, 0.25) is 5.91 Å². The molecule has 0 aliphatic heterocycles. The molecule has 1 aromatic heterocycles. The fraction of sp³-hybridized carbons (Fsp3) is 0.333. The zero-order chi connectivity index (χ0) is 26.2. The number of amides is 2. The van der Waals surface area contributed by atoms with Crippen molar-refractivity contribution in [1.82, 2.24) is 20.1 Å². The van der Waals surface area contributed by atoms with Gasteiger partial charge in [-0.1, -0.05) is 43.8 Å². The molecule has 2 N–H and O–H groups in total. The van der Waals surface area contributed by atoms with Crippen molar-refractivity contribution < 1.29 is 19.2 Å². The lowest BCUT2D eigenvalue weighted by Gasteiger charge is -2.22. The van der Waals surface area contributed by atoms with E-state index in [1.165, 1.54) is 25.3 Å². The quantitative estimate of drug-likeness (QED) is 0.222. The highest BCUT2D eigenvalue weighted by atomic mass is 32.2. The predicted molar refractivity (Wildman–Crippen MR) is 136 cm³/mol. The monoisotopic (exact) mass is 512 g/mol. The minimum atomic E-state index is -0.582. The van der Waals surface area contributed by atoms with E-state index in [1.54, 1.807) is 24.3 Å². The summed E-state index contributed by atoms with van der Waals surface area (Å²) in [5.41, 5.74) is 0.359. The fourth-order valence-electron chi connectivity index (χ4n) is 3.49. The number of benzene rings is 2. The number of thioether (sulfide) groups is 1. The molecule has 3 aromatic rings. The summed E-state index contributed by atoms with van der Waals surface area (Å²) in [4.78, 5) is 36.1. The van der Waals surface area contributed by atoms with Gasteiger partial charge in [-0.15, -0.1) is 10.2 Å². The van der Waals surface area contributed by atoms with E-state index in [0.29, 0.717) is 28.8 Å². The first kappa shape index (κ1) is 26.7. The van der Waals surface area contributed by atoms with Gasteiger partial charge in [0.1, 0.15) is 11.4 Å². The first-order valence-corrected chi connectivity index (χ1v) is 12.3. The number of anilines is 1. The molecule has 190 valence electrons. The number of ether oxygens (including phenoxy) is 1. The number of hydrogen-bond donors (Lipinski definition) is 2. The Morgan fingerprint density at radius 2 is 1.89 bits per heavy atom. The van der Waals surface area contributed by atoms with Crippen molar-refractivity contribution in [3.63, 3.8) is 0 Å². The van der Waals surface area contributed by atoms with E-state index >= 15 is 0 Å². The van der Waals surface area contributed by atoms with Crippen LogP contribution in [0.4, 0.5) is 11.4 Å².